The highest BCUT2D eigenvalue weighted by atomic mass is 16.2. The van der Waals surface area contributed by atoms with Gasteiger partial charge in [-0.2, -0.15) is 0 Å². The first-order valence-electron chi connectivity index (χ1n) is 6.33. The molecule has 0 saturated heterocycles. The minimum absolute atomic E-state index is 0.0216. The van der Waals surface area contributed by atoms with Gasteiger partial charge in [-0.3, -0.25) is 14.4 Å². The zero-order chi connectivity index (χ0) is 15.0. The summed E-state index contributed by atoms with van der Waals surface area (Å²) in [7, 11) is 1.48. The molecule has 0 bridgehead atoms. The average Bonchev–Trinajstić information content (AvgIpc) is 2.39. The molecule has 0 aromatic rings. The van der Waals surface area contributed by atoms with Crippen molar-refractivity contribution in [3.05, 3.63) is 11.8 Å². The van der Waals surface area contributed by atoms with Gasteiger partial charge in [-0.1, -0.05) is 26.3 Å². The van der Waals surface area contributed by atoms with Gasteiger partial charge in [0.25, 0.3) is 5.91 Å². The number of carbonyl (C=O) groups is 3. The molecule has 0 aliphatic carbocycles. The SMILES string of the molecule is C/C=C(\NC(=O)[C@H](NC(C)=O)[C@H](C)CC)C(=O)NC. The smallest absolute Gasteiger partial charge is 0.267 e. The van der Waals surface area contributed by atoms with Crippen molar-refractivity contribution in [2.24, 2.45) is 5.92 Å². The first-order chi connectivity index (χ1) is 8.87. The van der Waals surface area contributed by atoms with Crippen LogP contribution in [0.2, 0.25) is 0 Å². The molecule has 0 aromatic carbocycles. The van der Waals surface area contributed by atoms with E-state index in [0.717, 1.165) is 6.42 Å². The van der Waals surface area contributed by atoms with Crippen LogP contribution in [0.25, 0.3) is 0 Å². The van der Waals surface area contributed by atoms with Crippen LogP contribution < -0.4 is 16.0 Å². The number of hydrogen-bond donors (Lipinski definition) is 3. The van der Waals surface area contributed by atoms with Gasteiger partial charge in [0.15, 0.2) is 0 Å². The largest absolute Gasteiger partial charge is 0.354 e. The minimum Gasteiger partial charge on any atom is -0.354 e. The van der Waals surface area contributed by atoms with Crippen LogP contribution >= 0.6 is 0 Å². The third-order valence-electron chi connectivity index (χ3n) is 2.87. The van der Waals surface area contributed by atoms with Crippen molar-refractivity contribution in [3.63, 3.8) is 0 Å². The topological polar surface area (TPSA) is 87.3 Å². The lowest BCUT2D eigenvalue weighted by Gasteiger charge is -2.23. The Morgan fingerprint density at radius 2 is 1.84 bits per heavy atom. The molecule has 3 amide bonds. The Hall–Kier alpha value is -1.85. The summed E-state index contributed by atoms with van der Waals surface area (Å²) in [5.74, 6) is -1.06. The summed E-state index contributed by atoms with van der Waals surface area (Å²) in [6.07, 6.45) is 2.25. The van der Waals surface area contributed by atoms with E-state index in [1.165, 1.54) is 20.0 Å². The quantitative estimate of drug-likeness (QED) is 0.606. The van der Waals surface area contributed by atoms with Gasteiger partial charge in [-0.25, -0.2) is 0 Å². The van der Waals surface area contributed by atoms with Gasteiger partial charge >= 0.3 is 0 Å². The summed E-state index contributed by atoms with van der Waals surface area (Å²) in [6, 6.07) is -0.651. The van der Waals surface area contributed by atoms with Crippen molar-refractivity contribution in [1.29, 1.82) is 0 Å². The number of allylic oxidation sites excluding steroid dienone is 1. The number of likely N-dealkylation sites (N-methyl/N-ethyl adjacent to an activating group) is 1. The van der Waals surface area contributed by atoms with Gasteiger partial charge in [0, 0.05) is 14.0 Å². The van der Waals surface area contributed by atoms with Crippen LogP contribution in [-0.4, -0.2) is 30.8 Å². The molecule has 2 atom stereocenters. The minimum atomic E-state index is -0.651. The van der Waals surface area contributed by atoms with Crippen molar-refractivity contribution in [3.8, 4) is 0 Å². The molecule has 0 heterocycles. The molecule has 0 unspecified atom stereocenters. The van der Waals surface area contributed by atoms with E-state index in [-0.39, 0.29) is 29.3 Å². The molecule has 6 nitrogen and oxygen atoms in total. The Kier molecular flexibility index (Phi) is 7.48. The van der Waals surface area contributed by atoms with Gasteiger partial charge in [-0.05, 0) is 12.8 Å². The number of nitrogens with one attached hydrogen (secondary N) is 3. The molecule has 108 valence electrons. The van der Waals surface area contributed by atoms with E-state index < -0.39 is 6.04 Å². The van der Waals surface area contributed by atoms with Crippen LogP contribution in [0.15, 0.2) is 11.8 Å². The fourth-order valence-electron chi connectivity index (χ4n) is 1.53. The maximum Gasteiger partial charge on any atom is 0.267 e. The van der Waals surface area contributed by atoms with E-state index in [9.17, 15) is 14.4 Å². The molecule has 0 aliphatic heterocycles. The van der Waals surface area contributed by atoms with Gasteiger partial charge in [0.05, 0.1) is 0 Å². The molecule has 0 aliphatic rings. The van der Waals surface area contributed by atoms with Crippen molar-refractivity contribution in [2.75, 3.05) is 7.05 Å². The van der Waals surface area contributed by atoms with Gasteiger partial charge in [0.1, 0.15) is 11.7 Å². The van der Waals surface area contributed by atoms with Crippen molar-refractivity contribution in [1.82, 2.24) is 16.0 Å². The van der Waals surface area contributed by atoms with Gasteiger partial charge in [-0.15, -0.1) is 0 Å². The zero-order valence-corrected chi connectivity index (χ0v) is 12.2. The molecular weight excluding hydrogens is 246 g/mol. The Labute approximate surface area is 114 Å². The Bertz CT molecular complexity index is 377. The predicted octanol–water partition coefficient (Wildman–Crippen LogP) is 0.303. The molecule has 0 saturated carbocycles. The van der Waals surface area contributed by atoms with E-state index in [4.69, 9.17) is 0 Å². The lowest BCUT2D eigenvalue weighted by Crippen LogP contribution is -2.50. The summed E-state index contributed by atoms with van der Waals surface area (Å²) in [5.41, 5.74) is 0.172. The summed E-state index contributed by atoms with van der Waals surface area (Å²) in [4.78, 5) is 34.7. The first-order valence-corrected chi connectivity index (χ1v) is 6.33. The standard InChI is InChI=1S/C13H23N3O3/c1-6-8(3)11(15-9(4)17)13(19)16-10(7-2)12(18)14-5/h7-8,11H,6H2,1-5H3,(H,14,18)(H,15,17)(H,16,19)/b10-7-/t8-,11-/m1/s1. The molecule has 0 spiro atoms. The highest BCUT2D eigenvalue weighted by molar-refractivity contribution is 5.99. The van der Waals surface area contributed by atoms with Crippen LogP contribution in [0.4, 0.5) is 0 Å². The first kappa shape index (κ1) is 17.2. The molecule has 0 radical (unpaired) electrons. The lowest BCUT2D eigenvalue weighted by atomic mass is 9.98. The Morgan fingerprint density at radius 3 is 2.21 bits per heavy atom. The van der Waals surface area contributed by atoms with E-state index in [1.54, 1.807) is 6.92 Å². The molecule has 6 heteroatoms. The summed E-state index contributed by atoms with van der Waals surface area (Å²) in [6.45, 7) is 6.82. The van der Waals surface area contributed by atoms with Crippen LogP contribution in [0, 0.1) is 5.92 Å². The zero-order valence-electron chi connectivity index (χ0n) is 12.2. The van der Waals surface area contributed by atoms with E-state index in [1.807, 2.05) is 13.8 Å². The van der Waals surface area contributed by atoms with Crippen LogP contribution in [-0.2, 0) is 14.4 Å². The fourth-order valence-corrected chi connectivity index (χ4v) is 1.53. The van der Waals surface area contributed by atoms with Crippen molar-refractivity contribution in [2.45, 2.75) is 40.2 Å². The number of hydrogen-bond acceptors (Lipinski definition) is 3. The van der Waals surface area contributed by atoms with Crippen LogP contribution in [0.3, 0.4) is 0 Å². The Balaban J connectivity index is 4.90. The third-order valence-corrected chi connectivity index (χ3v) is 2.87. The molecule has 0 fully saturated rings. The van der Waals surface area contributed by atoms with Gasteiger partial charge < -0.3 is 16.0 Å². The molecule has 0 rings (SSSR count). The third kappa shape index (κ3) is 5.54. The maximum absolute atomic E-state index is 12.1. The van der Waals surface area contributed by atoms with Crippen molar-refractivity contribution < 1.29 is 14.4 Å². The highest BCUT2D eigenvalue weighted by Crippen LogP contribution is 2.08. The predicted molar refractivity (Wildman–Crippen MR) is 73.0 cm³/mol. The fraction of sp³-hybridized carbons (Fsp3) is 0.615. The lowest BCUT2D eigenvalue weighted by molar-refractivity contribution is -0.129. The second-order valence-electron chi connectivity index (χ2n) is 4.33. The molecular formula is C13H23N3O3. The summed E-state index contributed by atoms with van der Waals surface area (Å²) in [5, 5.41) is 7.58. The van der Waals surface area contributed by atoms with Gasteiger partial charge in [0.2, 0.25) is 11.8 Å². The van der Waals surface area contributed by atoms with E-state index >= 15 is 0 Å². The van der Waals surface area contributed by atoms with E-state index in [2.05, 4.69) is 16.0 Å². The number of amides is 3. The average molecular weight is 269 g/mol. The number of carbonyl (C=O) groups excluding carboxylic acids is 3. The Morgan fingerprint density at radius 1 is 1.26 bits per heavy atom. The summed E-state index contributed by atoms with van der Waals surface area (Å²) < 4.78 is 0. The van der Waals surface area contributed by atoms with Crippen molar-refractivity contribution >= 4 is 17.7 Å². The second-order valence-corrected chi connectivity index (χ2v) is 4.33. The number of rotatable bonds is 6. The summed E-state index contributed by atoms with van der Waals surface area (Å²) >= 11 is 0. The molecule has 19 heavy (non-hydrogen) atoms. The second kappa shape index (κ2) is 8.29. The molecule has 0 aromatic heterocycles. The van der Waals surface area contributed by atoms with E-state index in [0.29, 0.717) is 0 Å². The highest BCUT2D eigenvalue weighted by Gasteiger charge is 2.26. The molecule has 3 N–H and O–H groups in total. The van der Waals surface area contributed by atoms with Crippen LogP contribution in [0.1, 0.15) is 34.1 Å². The monoisotopic (exact) mass is 269 g/mol. The maximum atomic E-state index is 12.1. The van der Waals surface area contributed by atoms with Crippen LogP contribution in [0.5, 0.6) is 0 Å². The normalized spacial score (nSPS) is 14.3.